The molecular formula is C59H68O10. The molecule has 0 heterocycles. The van der Waals surface area contributed by atoms with Crippen molar-refractivity contribution in [1.29, 1.82) is 0 Å². The second kappa shape index (κ2) is 30.8. The van der Waals surface area contributed by atoms with E-state index in [-0.39, 0.29) is 23.1 Å². The quantitative estimate of drug-likeness (QED) is 0.0644. The summed E-state index contributed by atoms with van der Waals surface area (Å²) >= 11 is 0. The van der Waals surface area contributed by atoms with E-state index in [0.29, 0.717) is 17.5 Å². The van der Waals surface area contributed by atoms with E-state index in [2.05, 4.69) is 6.92 Å². The Morgan fingerprint density at radius 1 is 0.406 bits per heavy atom. The Kier molecular flexibility index (Phi) is 24.9. The number of carbonyl (C=O) groups is 4. The fourth-order valence-corrected chi connectivity index (χ4v) is 6.56. The van der Waals surface area contributed by atoms with Crippen LogP contribution in [0.3, 0.4) is 0 Å². The first kappa shape index (κ1) is 55.9. The van der Waals surface area contributed by atoms with Crippen LogP contribution in [0.5, 0.6) is 34.5 Å². The molecule has 10 nitrogen and oxygen atoms in total. The molecule has 0 bridgehead atoms. The molecule has 0 N–H and O–H groups in total. The predicted molar refractivity (Wildman–Crippen MR) is 279 cm³/mol. The van der Waals surface area contributed by atoms with E-state index < -0.39 is 0 Å². The van der Waals surface area contributed by atoms with E-state index in [1.54, 1.807) is 75.4 Å². The molecule has 69 heavy (non-hydrogen) atoms. The standard InChI is InChI=1S/C16H24O2.C14H12O2.C13H12O2.2C8H10O2/c1-3-4-5-6-13-18-16-11-9-15(10-12-16)8-7-14(2)17;1-9(15)11-3-5-14-8-12(10(2)16)4-6-13(14)7-11;1-9(14)10-3-4-12-8-13(15-2)6-5-11(12)7-10;1-9-7-4-3-5-8(6-7)10-2;1-9-7-5-3-4-6-8(7)10-2/h9-12H,3-8,13H2,1-2H3;3-8H,1-2H3;3-8H,1-2H3;2*3-6H,1-2H3. The molecule has 10 heteroatoms. The number of methoxy groups -OCH3 is 5. The molecule has 0 aliphatic rings. The van der Waals surface area contributed by atoms with Gasteiger partial charge in [0.1, 0.15) is 28.8 Å². The van der Waals surface area contributed by atoms with Crippen LogP contribution in [0.15, 0.2) is 146 Å². The van der Waals surface area contributed by atoms with Crippen molar-refractivity contribution in [2.45, 2.75) is 73.1 Å². The molecule has 0 radical (unpaired) electrons. The van der Waals surface area contributed by atoms with Crippen molar-refractivity contribution in [1.82, 2.24) is 0 Å². The summed E-state index contributed by atoms with van der Waals surface area (Å²) in [5.41, 5.74) is 3.34. The zero-order chi connectivity index (χ0) is 50.6. The summed E-state index contributed by atoms with van der Waals surface area (Å²) in [5.74, 6) is 5.37. The Hall–Kier alpha value is -7.46. The zero-order valence-electron chi connectivity index (χ0n) is 41.9. The Morgan fingerprint density at radius 3 is 1.23 bits per heavy atom. The van der Waals surface area contributed by atoms with Crippen LogP contribution < -0.4 is 28.4 Å². The first-order chi connectivity index (χ1) is 33.2. The van der Waals surface area contributed by atoms with E-state index in [4.69, 9.17) is 28.4 Å². The lowest BCUT2D eigenvalue weighted by molar-refractivity contribution is -0.117. The minimum absolute atomic E-state index is 0.0533. The second-order valence-corrected chi connectivity index (χ2v) is 15.9. The molecule has 364 valence electrons. The van der Waals surface area contributed by atoms with Gasteiger partial charge in [-0.3, -0.25) is 14.4 Å². The topological polar surface area (TPSA) is 124 Å². The van der Waals surface area contributed by atoms with Crippen LogP contribution >= 0.6 is 0 Å². The van der Waals surface area contributed by atoms with Crippen molar-refractivity contribution in [3.8, 4) is 34.5 Å². The van der Waals surface area contributed by atoms with Gasteiger partial charge in [0.15, 0.2) is 28.8 Å². The molecule has 0 aliphatic carbocycles. The Balaban J connectivity index is 0.000000232. The van der Waals surface area contributed by atoms with Gasteiger partial charge >= 0.3 is 0 Å². The maximum absolute atomic E-state index is 11.2. The molecule has 0 aromatic heterocycles. The van der Waals surface area contributed by atoms with Crippen molar-refractivity contribution in [3.05, 3.63) is 168 Å². The summed E-state index contributed by atoms with van der Waals surface area (Å²) in [6.45, 7) is 9.31. The number of ether oxygens (including phenoxy) is 6. The second-order valence-electron chi connectivity index (χ2n) is 15.9. The van der Waals surface area contributed by atoms with Crippen LogP contribution in [-0.4, -0.2) is 65.3 Å². The number of unbranched alkanes of at least 4 members (excludes halogenated alkanes) is 3. The van der Waals surface area contributed by atoms with E-state index in [0.717, 1.165) is 81.1 Å². The summed E-state index contributed by atoms with van der Waals surface area (Å²) in [6, 6.07) is 45.6. The molecular weight excluding hydrogens is 869 g/mol. The van der Waals surface area contributed by atoms with Crippen LogP contribution in [0.25, 0.3) is 21.5 Å². The first-order valence-electron chi connectivity index (χ1n) is 23.0. The van der Waals surface area contributed by atoms with Gasteiger partial charge in [0.25, 0.3) is 0 Å². The summed E-state index contributed by atoms with van der Waals surface area (Å²) in [7, 11) is 8.16. The van der Waals surface area contributed by atoms with E-state index in [9.17, 15) is 19.2 Å². The van der Waals surface area contributed by atoms with Crippen LogP contribution in [0.4, 0.5) is 0 Å². The molecule has 0 fully saturated rings. The number of hydrogen-bond donors (Lipinski definition) is 0. The van der Waals surface area contributed by atoms with Crippen LogP contribution in [0, 0.1) is 0 Å². The third-order valence-electron chi connectivity index (χ3n) is 10.6. The predicted octanol–water partition coefficient (Wildman–Crippen LogP) is 13.9. The Labute approximate surface area is 408 Å². The Morgan fingerprint density at radius 2 is 0.826 bits per heavy atom. The number of para-hydroxylation sites is 2. The highest BCUT2D eigenvalue weighted by Gasteiger charge is 2.05. The van der Waals surface area contributed by atoms with Crippen LogP contribution in [0.2, 0.25) is 0 Å². The van der Waals surface area contributed by atoms with Gasteiger partial charge in [-0.05, 0) is 134 Å². The van der Waals surface area contributed by atoms with Gasteiger partial charge in [-0.25, -0.2) is 0 Å². The fraction of sp³-hybridized carbons (Fsp3) is 0.288. The molecule has 0 amide bonds. The molecule has 7 rings (SSSR count). The summed E-state index contributed by atoms with van der Waals surface area (Å²) in [5, 5.41) is 4.11. The fourth-order valence-electron chi connectivity index (χ4n) is 6.56. The number of ketones is 4. The number of benzene rings is 7. The molecule has 7 aromatic rings. The minimum Gasteiger partial charge on any atom is -0.497 e. The van der Waals surface area contributed by atoms with Gasteiger partial charge in [-0.15, -0.1) is 0 Å². The minimum atomic E-state index is 0.0533. The van der Waals surface area contributed by atoms with Gasteiger partial charge in [0, 0.05) is 29.2 Å². The highest BCUT2D eigenvalue weighted by atomic mass is 16.5. The molecule has 0 aliphatic heterocycles. The van der Waals surface area contributed by atoms with Gasteiger partial charge in [-0.2, -0.15) is 0 Å². The van der Waals surface area contributed by atoms with Crippen molar-refractivity contribution in [2.75, 3.05) is 42.2 Å². The van der Waals surface area contributed by atoms with Crippen molar-refractivity contribution >= 4 is 44.7 Å². The molecule has 0 saturated heterocycles. The molecule has 0 spiro atoms. The zero-order valence-corrected chi connectivity index (χ0v) is 41.9. The molecule has 0 unspecified atom stereocenters. The smallest absolute Gasteiger partial charge is 0.160 e. The number of rotatable bonds is 17. The monoisotopic (exact) mass is 936 g/mol. The van der Waals surface area contributed by atoms with E-state index >= 15 is 0 Å². The third kappa shape index (κ3) is 20.1. The van der Waals surface area contributed by atoms with Gasteiger partial charge < -0.3 is 33.2 Å². The van der Waals surface area contributed by atoms with E-state index in [1.807, 2.05) is 133 Å². The maximum atomic E-state index is 11.2. The van der Waals surface area contributed by atoms with Crippen molar-refractivity contribution < 1.29 is 47.6 Å². The largest absolute Gasteiger partial charge is 0.497 e. The third-order valence-corrected chi connectivity index (χ3v) is 10.6. The van der Waals surface area contributed by atoms with Crippen molar-refractivity contribution in [2.24, 2.45) is 0 Å². The lowest BCUT2D eigenvalue weighted by Crippen LogP contribution is -1.98. The number of aryl methyl sites for hydroxylation is 1. The number of fused-ring (bicyclic) bond motifs is 2. The summed E-state index contributed by atoms with van der Waals surface area (Å²) in [6.07, 6.45) is 6.36. The highest BCUT2D eigenvalue weighted by Crippen LogP contribution is 2.25. The maximum Gasteiger partial charge on any atom is 0.160 e. The number of Topliss-reactive ketones (excluding diaryl/α,β-unsaturated/α-hetero) is 4. The number of hydrogen-bond acceptors (Lipinski definition) is 10. The Bertz CT molecular complexity index is 2590. The van der Waals surface area contributed by atoms with E-state index in [1.165, 1.54) is 24.8 Å². The highest BCUT2D eigenvalue weighted by molar-refractivity contribution is 6.02. The average Bonchev–Trinajstić information content (AvgIpc) is 3.38. The lowest BCUT2D eigenvalue weighted by Gasteiger charge is -2.06. The first-order valence-corrected chi connectivity index (χ1v) is 23.0. The van der Waals surface area contributed by atoms with Gasteiger partial charge in [-0.1, -0.05) is 99.0 Å². The van der Waals surface area contributed by atoms with Crippen molar-refractivity contribution in [3.63, 3.8) is 0 Å². The SMILES string of the molecule is CC(=O)c1ccc2cc(C(C)=O)ccc2c1.CCCCCCOc1ccc(CCC(C)=O)cc1.COc1ccc2cc(C(C)=O)ccc2c1.COc1cccc(OC)c1.COc1ccccc1OC. The lowest BCUT2D eigenvalue weighted by atomic mass is 10.0. The molecule has 0 atom stereocenters. The normalized spacial score (nSPS) is 9.94. The summed E-state index contributed by atoms with van der Waals surface area (Å²) < 4.78 is 30.8. The molecule has 0 saturated carbocycles. The summed E-state index contributed by atoms with van der Waals surface area (Å²) in [4.78, 5) is 44.5. The molecule has 7 aromatic carbocycles. The number of carbonyl (C=O) groups excluding carboxylic acids is 4. The van der Waals surface area contributed by atoms with Crippen LogP contribution in [-0.2, 0) is 11.2 Å². The van der Waals surface area contributed by atoms with Gasteiger partial charge in [0.2, 0.25) is 0 Å². The average molecular weight is 937 g/mol. The van der Waals surface area contributed by atoms with Crippen LogP contribution in [0.1, 0.15) is 103 Å². The van der Waals surface area contributed by atoms with Gasteiger partial charge in [0.05, 0.1) is 42.2 Å².